The van der Waals surface area contributed by atoms with Gasteiger partial charge >= 0.3 is 12.0 Å². The van der Waals surface area contributed by atoms with Crippen molar-refractivity contribution in [1.82, 2.24) is 10.6 Å². The van der Waals surface area contributed by atoms with Gasteiger partial charge in [0.15, 0.2) is 11.5 Å². The van der Waals surface area contributed by atoms with E-state index in [0.717, 1.165) is 0 Å². The molecule has 1 aromatic carbocycles. The quantitative estimate of drug-likeness (QED) is 0.713. The number of urea groups is 1. The summed E-state index contributed by atoms with van der Waals surface area (Å²) in [6.45, 7) is 9.67. The van der Waals surface area contributed by atoms with Crippen LogP contribution in [0.1, 0.15) is 46.2 Å². The van der Waals surface area contributed by atoms with Crippen LogP contribution >= 0.6 is 0 Å². The third kappa shape index (κ3) is 4.53. The SMILES string of the molecule is CCOc1c(OC)cccc1C1NC(=O)NC(C(C)C)=C1C(=O)OC(C)C. The van der Waals surface area contributed by atoms with E-state index in [0.29, 0.717) is 34.9 Å². The van der Waals surface area contributed by atoms with E-state index in [1.165, 1.54) is 0 Å². The Morgan fingerprint density at radius 1 is 1.22 bits per heavy atom. The van der Waals surface area contributed by atoms with Crippen LogP contribution in [-0.2, 0) is 9.53 Å². The van der Waals surface area contributed by atoms with Crippen molar-refractivity contribution in [1.29, 1.82) is 0 Å². The van der Waals surface area contributed by atoms with E-state index < -0.39 is 12.0 Å². The number of hydrogen-bond donors (Lipinski definition) is 2. The molecule has 0 aliphatic carbocycles. The predicted octanol–water partition coefficient (Wildman–Crippen LogP) is 3.31. The lowest BCUT2D eigenvalue weighted by molar-refractivity contribution is -0.143. The molecule has 2 amide bonds. The van der Waals surface area contributed by atoms with Crippen LogP contribution in [0.15, 0.2) is 29.5 Å². The summed E-state index contributed by atoms with van der Waals surface area (Å²) < 4.78 is 16.6. The first-order valence-corrected chi connectivity index (χ1v) is 9.12. The molecule has 0 bridgehead atoms. The molecule has 0 fully saturated rings. The van der Waals surface area contributed by atoms with Gasteiger partial charge in [-0.25, -0.2) is 9.59 Å². The number of methoxy groups -OCH3 is 1. The third-order valence-corrected chi connectivity index (χ3v) is 4.07. The zero-order valence-electron chi connectivity index (χ0n) is 16.7. The lowest BCUT2D eigenvalue weighted by atomic mass is 9.90. The number of carbonyl (C=O) groups is 2. The number of carbonyl (C=O) groups excluding carboxylic acids is 2. The molecule has 1 atom stereocenters. The van der Waals surface area contributed by atoms with Gasteiger partial charge < -0.3 is 24.8 Å². The Morgan fingerprint density at radius 3 is 2.48 bits per heavy atom. The first-order chi connectivity index (χ1) is 12.8. The van der Waals surface area contributed by atoms with Gasteiger partial charge in [0.05, 0.1) is 31.4 Å². The van der Waals surface area contributed by atoms with Crippen molar-refractivity contribution in [2.24, 2.45) is 5.92 Å². The van der Waals surface area contributed by atoms with E-state index in [1.807, 2.05) is 26.8 Å². The first-order valence-electron chi connectivity index (χ1n) is 9.12. The molecule has 1 aliphatic heterocycles. The summed E-state index contributed by atoms with van der Waals surface area (Å²) in [6, 6.07) is 4.29. The van der Waals surface area contributed by atoms with Crippen LogP contribution in [0.4, 0.5) is 4.79 Å². The maximum absolute atomic E-state index is 12.9. The molecule has 0 saturated carbocycles. The number of esters is 1. The number of ether oxygens (including phenoxy) is 3. The van der Waals surface area contributed by atoms with Crippen molar-refractivity contribution in [2.45, 2.75) is 46.8 Å². The Kier molecular flexibility index (Phi) is 6.71. The van der Waals surface area contributed by atoms with Gasteiger partial charge in [-0.2, -0.15) is 0 Å². The largest absolute Gasteiger partial charge is 0.493 e. The normalized spacial score (nSPS) is 16.9. The van der Waals surface area contributed by atoms with Gasteiger partial charge in [-0.05, 0) is 32.8 Å². The minimum Gasteiger partial charge on any atom is -0.493 e. The Bertz CT molecular complexity index is 740. The van der Waals surface area contributed by atoms with E-state index in [4.69, 9.17) is 14.2 Å². The highest BCUT2D eigenvalue weighted by atomic mass is 16.5. The fraction of sp³-hybridized carbons (Fsp3) is 0.500. The number of benzene rings is 1. The van der Waals surface area contributed by atoms with Crippen LogP contribution in [-0.4, -0.2) is 31.8 Å². The summed E-state index contributed by atoms with van der Waals surface area (Å²) in [4.78, 5) is 25.2. The smallest absolute Gasteiger partial charge is 0.338 e. The molecule has 0 saturated heterocycles. The second-order valence-corrected chi connectivity index (χ2v) is 6.78. The van der Waals surface area contributed by atoms with Gasteiger partial charge in [0.25, 0.3) is 0 Å². The van der Waals surface area contributed by atoms with Crippen molar-refractivity contribution in [3.05, 3.63) is 35.0 Å². The molecule has 2 rings (SSSR count). The third-order valence-electron chi connectivity index (χ3n) is 4.07. The van der Waals surface area contributed by atoms with Gasteiger partial charge in [-0.3, -0.25) is 0 Å². The van der Waals surface area contributed by atoms with Crippen molar-refractivity contribution >= 4 is 12.0 Å². The second-order valence-electron chi connectivity index (χ2n) is 6.78. The van der Waals surface area contributed by atoms with E-state index in [9.17, 15) is 9.59 Å². The van der Waals surface area contributed by atoms with Crippen LogP contribution in [0.25, 0.3) is 0 Å². The monoisotopic (exact) mass is 376 g/mol. The summed E-state index contributed by atoms with van der Waals surface area (Å²) in [7, 11) is 1.55. The lowest BCUT2D eigenvalue weighted by Crippen LogP contribution is -2.47. The Balaban J connectivity index is 2.66. The zero-order valence-corrected chi connectivity index (χ0v) is 16.7. The molecule has 0 spiro atoms. The predicted molar refractivity (Wildman–Crippen MR) is 102 cm³/mol. The van der Waals surface area contributed by atoms with Gasteiger partial charge in [0.2, 0.25) is 0 Å². The first kappa shape index (κ1) is 20.6. The number of nitrogens with one attached hydrogen (secondary N) is 2. The van der Waals surface area contributed by atoms with Crippen molar-refractivity contribution in [3.63, 3.8) is 0 Å². The average Bonchev–Trinajstić information content (AvgIpc) is 2.60. The molecule has 1 unspecified atom stereocenters. The molecule has 1 heterocycles. The van der Waals surface area contributed by atoms with E-state index in [-0.39, 0.29) is 18.1 Å². The highest BCUT2D eigenvalue weighted by Gasteiger charge is 2.37. The number of amides is 2. The summed E-state index contributed by atoms with van der Waals surface area (Å²) in [5.74, 6) is 0.475. The van der Waals surface area contributed by atoms with Crippen molar-refractivity contribution < 1.29 is 23.8 Å². The molecular weight excluding hydrogens is 348 g/mol. The standard InChI is InChI=1S/C20H28N2O5/c1-7-26-18-13(9-8-10-14(18)25-6)17-15(19(23)27-12(4)5)16(11(2)3)21-20(24)22-17/h8-12,17H,7H2,1-6H3,(H2,21,22,24). The molecule has 1 aliphatic rings. The maximum Gasteiger partial charge on any atom is 0.338 e. The lowest BCUT2D eigenvalue weighted by Gasteiger charge is -2.32. The minimum atomic E-state index is -0.709. The molecule has 1 aromatic rings. The molecule has 27 heavy (non-hydrogen) atoms. The Morgan fingerprint density at radius 2 is 1.93 bits per heavy atom. The van der Waals surface area contributed by atoms with E-state index >= 15 is 0 Å². The maximum atomic E-state index is 12.9. The molecule has 148 valence electrons. The fourth-order valence-corrected chi connectivity index (χ4v) is 3.00. The van der Waals surface area contributed by atoms with Crippen LogP contribution in [0, 0.1) is 5.92 Å². The van der Waals surface area contributed by atoms with Crippen LogP contribution in [0.2, 0.25) is 0 Å². The average molecular weight is 376 g/mol. The molecule has 0 aromatic heterocycles. The minimum absolute atomic E-state index is 0.0746. The zero-order chi connectivity index (χ0) is 20.1. The summed E-state index contributed by atoms with van der Waals surface area (Å²) in [5, 5.41) is 5.58. The summed E-state index contributed by atoms with van der Waals surface area (Å²) >= 11 is 0. The van der Waals surface area contributed by atoms with Crippen LogP contribution in [0.3, 0.4) is 0 Å². The van der Waals surface area contributed by atoms with Crippen molar-refractivity contribution in [2.75, 3.05) is 13.7 Å². The highest BCUT2D eigenvalue weighted by molar-refractivity contribution is 5.95. The van der Waals surface area contributed by atoms with Crippen LogP contribution in [0.5, 0.6) is 11.5 Å². The van der Waals surface area contributed by atoms with Gasteiger partial charge in [-0.15, -0.1) is 0 Å². The van der Waals surface area contributed by atoms with Crippen LogP contribution < -0.4 is 20.1 Å². The number of para-hydroxylation sites is 1. The molecule has 2 N–H and O–H groups in total. The number of rotatable bonds is 7. The topological polar surface area (TPSA) is 85.9 Å². The highest BCUT2D eigenvalue weighted by Crippen LogP contribution is 2.40. The molecule has 7 nitrogen and oxygen atoms in total. The van der Waals surface area contributed by atoms with E-state index in [2.05, 4.69) is 10.6 Å². The van der Waals surface area contributed by atoms with Gasteiger partial charge in [0.1, 0.15) is 0 Å². The Hall–Kier alpha value is -2.70. The van der Waals surface area contributed by atoms with Gasteiger partial charge in [-0.1, -0.05) is 26.0 Å². The van der Waals surface area contributed by atoms with E-state index in [1.54, 1.807) is 33.1 Å². The number of hydrogen-bond acceptors (Lipinski definition) is 5. The molecule has 0 radical (unpaired) electrons. The Labute approximate surface area is 160 Å². The molecule has 7 heteroatoms. The summed E-state index contributed by atoms with van der Waals surface area (Å²) in [6.07, 6.45) is -0.284. The van der Waals surface area contributed by atoms with Crippen molar-refractivity contribution in [3.8, 4) is 11.5 Å². The summed E-state index contributed by atoms with van der Waals surface area (Å²) in [5.41, 5.74) is 1.55. The molecular formula is C20H28N2O5. The fourth-order valence-electron chi connectivity index (χ4n) is 3.00. The second kappa shape index (κ2) is 8.79. The van der Waals surface area contributed by atoms with Gasteiger partial charge in [0, 0.05) is 11.3 Å². The number of allylic oxidation sites excluding steroid dienone is 1.